The second-order valence-corrected chi connectivity index (χ2v) is 10.8. The van der Waals surface area contributed by atoms with Crippen LogP contribution in [0.4, 0.5) is 13.2 Å². The van der Waals surface area contributed by atoms with Crippen LogP contribution < -0.4 is 5.56 Å². The van der Waals surface area contributed by atoms with Crippen molar-refractivity contribution in [2.45, 2.75) is 49.9 Å². The van der Waals surface area contributed by atoms with Crippen LogP contribution in [-0.4, -0.2) is 41.8 Å². The lowest BCUT2D eigenvalue weighted by atomic mass is 9.94. The molecule has 0 spiro atoms. The smallest absolute Gasteiger partial charge is 0.378 e. The predicted molar refractivity (Wildman–Crippen MR) is 140 cm³/mol. The van der Waals surface area contributed by atoms with E-state index in [0.717, 1.165) is 47.7 Å². The van der Waals surface area contributed by atoms with Crippen LogP contribution in [0.15, 0.2) is 59.1 Å². The van der Waals surface area contributed by atoms with E-state index < -0.39 is 29.2 Å². The van der Waals surface area contributed by atoms with Crippen molar-refractivity contribution in [2.75, 3.05) is 6.54 Å². The first kappa shape index (κ1) is 26.3. The molecule has 1 aliphatic heterocycles. The Hall–Kier alpha value is -3.90. The molecule has 0 saturated heterocycles. The quantitative estimate of drug-likeness (QED) is 0.370. The fraction of sp³-hybridized carbons (Fsp3) is 0.321. The minimum absolute atomic E-state index is 0.0952. The number of H-pyrrole nitrogens is 1. The standard InChI is InChI=1S/C28H24F3N5O3S/c29-28(30,31)19-4-1-3-16(9-19)23(37)25(39)36-8-2-5-22-21(14-36)24(38)35-26(34-22)27(6-7-27)20-10-17(11-32-13-20)18-12-33-40-15-18/h1,3-4,9-13,15,23,37H,2,5-8,14H2,(H,34,35,38)/t23-/m1/s1. The molecule has 1 aliphatic carbocycles. The number of nitrogens with zero attached hydrogens (tertiary/aromatic N) is 4. The maximum atomic E-state index is 13.3. The number of hydrogen-bond donors (Lipinski definition) is 2. The van der Waals surface area contributed by atoms with E-state index in [2.05, 4.69) is 14.3 Å². The Labute approximate surface area is 230 Å². The molecule has 1 fully saturated rings. The van der Waals surface area contributed by atoms with Gasteiger partial charge in [-0.2, -0.15) is 13.2 Å². The third-order valence-corrected chi connectivity index (χ3v) is 8.21. The molecule has 8 nitrogen and oxygen atoms in total. The van der Waals surface area contributed by atoms with E-state index in [1.54, 1.807) is 18.6 Å². The van der Waals surface area contributed by atoms with E-state index in [1.165, 1.54) is 22.5 Å². The molecular formula is C28H24F3N5O3S. The summed E-state index contributed by atoms with van der Waals surface area (Å²) in [6.45, 7) is 0.133. The van der Waals surface area contributed by atoms with Gasteiger partial charge in [-0.25, -0.2) is 9.36 Å². The number of carbonyl (C=O) groups is 1. The summed E-state index contributed by atoms with van der Waals surface area (Å²) in [5.41, 5.74) is 1.82. The zero-order valence-electron chi connectivity index (χ0n) is 21.1. The van der Waals surface area contributed by atoms with Crippen molar-refractivity contribution in [3.05, 3.63) is 98.4 Å². The summed E-state index contributed by atoms with van der Waals surface area (Å²) >= 11 is 1.36. The van der Waals surface area contributed by atoms with Crippen LogP contribution in [0, 0.1) is 0 Å². The van der Waals surface area contributed by atoms with Crippen LogP contribution in [0.3, 0.4) is 0 Å². The topological polar surface area (TPSA) is 112 Å². The molecule has 0 radical (unpaired) electrons. The Morgan fingerprint density at radius 1 is 1.15 bits per heavy atom. The monoisotopic (exact) mass is 567 g/mol. The largest absolute Gasteiger partial charge is 0.416 e. The number of fused-ring (bicyclic) bond motifs is 1. The minimum Gasteiger partial charge on any atom is -0.378 e. The molecule has 2 aliphatic rings. The Balaban J connectivity index is 1.26. The highest BCUT2D eigenvalue weighted by atomic mass is 32.1. The Morgan fingerprint density at radius 2 is 1.98 bits per heavy atom. The first-order chi connectivity index (χ1) is 19.2. The number of aromatic amines is 1. The van der Waals surface area contributed by atoms with E-state index in [-0.39, 0.29) is 24.2 Å². The average Bonchev–Trinajstić information content (AvgIpc) is 3.64. The molecule has 1 saturated carbocycles. The van der Waals surface area contributed by atoms with Crippen LogP contribution in [0.5, 0.6) is 0 Å². The van der Waals surface area contributed by atoms with Gasteiger partial charge >= 0.3 is 6.18 Å². The number of aryl methyl sites for hydroxylation is 1. The van der Waals surface area contributed by atoms with E-state index >= 15 is 0 Å². The summed E-state index contributed by atoms with van der Waals surface area (Å²) in [6.07, 6.45) is 1.49. The lowest BCUT2D eigenvalue weighted by Crippen LogP contribution is -2.36. The molecule has 0 unspecified atom stereocenters. The van der Waals surface area contributed by atoms with E-state index in [9.17, 15) is 27.9 Å². The molecule has 206 valence electrons. The number of aliphatic hydroxyl groups is 1. The zero-order valence-corrected chi connectivity index (χ0v) is 21.9. The molecule has 2 N–H and O–H groups in total. The van der Waals surface area contributed by atoms with Gasteiger partial charge in [0.15, 0.2) is 6.10 Å². The summed E-state index contributed by atoms with van der Waals surface area (Å²) in [5.74, 6) is -0.206. The number of amides is 1. The van der Waals surface area contributed by atoms with Crippen LogP contribution in [0.25, 0.3) is 11.1 Å². The summed E-state index contributed by atoms with van der Waals surface area (Å²) in [5, 5.41) is 12.6. The molecule has 1 aromatic carbocycles. The fourth-order valence-electron chi connectivity index (χ4n) is 5.23. The number of aliphatic hydroxyl groups excluding tert-OH is 1. The van der Waals surface area contributed by atoms with Crippen molar-refractivity contribution < 1.29 is 23.1 Å². The number of benzene rings is 1. The van der Waals surface area contributed by atoms with E-state index in [1.807, 2.05) is 11.4 Å². The molecule has 6 rings (SSSR count). The third kappa shape index (κ3) is 4.81. The number of alkyl halides is 3. The van der Waals surface area contributed by atoms with Gasteiger partial charge in [0.05, 0.1) is 28.8 Å². The minimum atomic E-state index is -4.60. The number of halogens is 3. The van der Waals surface area contributed by atoms with Gasteiger partial charge in [-0.1, -0.05) is 12.1 Å². The highest BCUT2D eigenvalue weighted by molar-refractivity contribution is 7.03. The van der Waals surface area contributed by atoms with Gasteiger partial charge in [-0.05, 0) is 66.5 Å². The SMILES string of the molecule is O=C([C@H](O)c1cccc(C(F)(F)F)c1)N1CCCc2nc(C3(c4cncc(-c5cnsc5)c4)CC3)[nH]c(=O)c2C1. The highest BCUT2D eigenvalue weighted by Gasteiger charge is 2.49. The Bertz CT molecular complexity index is 1630. The number of carbonyl (C=O) groups excluding carboxylic acids is 1. The van der Waals surface area contributed by atoms with Gasteiger partial charge in [0.25, 0.3) is 11.5 Å². The van der Waals surface area contributed by atoms with Crippen molar-refractivity contribution in [3.63, 3.8) is 0 Å². The van der Waals surface area contributed by atoms with Gasteiger partial charge in [-0.3, -0.25) is 14.6 Å². The van der Waals surface area contributed by atoms with Crippen LogP contribution in [0.1, 0.15) is 59.1 Å². The fourth-order valence-corrected chi connectivity index (χ4v) is 5.78. The first-order valence-electron chi connectivity index (χ1n) is 12.8. The maximum Gasteiger partial charge on any atom is 0.416 e. The van der Waals surface area contributed by atoms with Crippen molar-refractivity contribution in [2.24, 2.45) is 0 Å². The van der Waals surface area contributed by atoms with Crippen LogP contribution in [0.2, 0.25) is 0 Å². The van der Waals surface area contributed by atoms with Crippen molar-refractivity contribution in [1.82, 2.24) is 24.2 Å². The maximum absolute atomic E-state index is 13.3. The van der Waals surface area contributed by atoms with Crippen molar-refractivity contribution >= 4 is 17.4 Å². The molecular weight excluding hydrogens is 543 g/mol. The Kier molecular flexibility index (Phi) is 6.54. The number of aromatic nitrogens is 4. The third-order valence-electron chi connectivity index (χ3n) is 7.63. The molecule has 0 bridgehead atoms. The van der Waals surface area contributed by atoms with Gasteiger partial charge < -0.3 is 15.0 Å². The molecule has 3 aromatic heterocycles. The number of rotatable bonds is 5. The molecule has 4 aromatic rings. The van der Waals surface area contributed by atoms with Crippen molar-refractivity contribution in [3.8, 4) is 11.1 Å². The molecule has 40 heavy (non-hydrogen) atoms. The molecule has 12 heteroatoms. The predicted octanol–water partition coefficient (Wildman–Crippen LogP) is 4.40. The van der Waals surface area contributed by atoms with Gasteiger partial charge in [0.1, 0.15) is 5.82 Å². The highest BCUT2D eigenvalue weighted by Crippen LogP contribution is 2.52. The van der Waals surface area contributed by atoms with E-state index in [4.69, 9.17) is 4.98 Å². The molecule has 4 heterocycles. The first-order valence-corrected chi connectivity index (χ1v) is 13.6. The zero-order chi connectivity index (χ0) is 28.1. The summed E-state index contributed by atoms with van der Waals surface area (Å²) in [6, 6.07) is 6.12. The van der Waals surface area contributed by atoms with Crippen LogP contribution >= 0.6 is 11.5 Å². The lowest BCUT2D eigenvalue weighted by molar-refractivity contribution is -0.142. The van der Waals surface area contributed by atoms with Crippen molar-refractivity contribution in [1.29, 1.82) is 0 Å². The van der Waals surface area contributed by atoms with Crippen LogP contribution in [-0.2, 0) is 29.4 Å². The summed E-state index contributed by atoms with van der Waals surface area (Å²) < 4.78 is 43.6. The second-order valence-electron chi connectivity index (χ2n) is 10.2. The molecule has 1 atom stereocenters. The average molecular weight is 568 g/mol. The summed E-state index contributed by atoms with van der Waals surface area (Å²) in [4.78, 5) is 40.0. The number of nitrogens with one attached hydrogen (secondary N) is 1. The number of pyridine rings is 1. The molecule has 1 amide bonds. The van der Waals surface area contributed by atoms with Gasteiger partial charge in [0.2, 0.25) is 0 Å². The second kappa shape index (κ2) is 9.93. The Morgan fingerprint density at radius 3 is 2.70 bits per heavy atom. The van der Waals surface area contributed by atoms with Gasteiger partial charge in [-0.15, -0.1) is 0 Å². The normalized spacial score (nSPS) is 17.1. The summed E-state index contributed by atoms with van der Waals surface area (Å²) in [7, 11) is 0. The lowest BCUT2D eigenvalue weighted by Gasteiger charge is -2.24. The van der Waals surface area contributed by atoms with E-state index in [0.29, 0.717) is 29.9 Å². The number of hydrogen-bond acceptors (Lipinski definition) is 7. The van der Waals surface area contributed by atoms with Gasteiger partial charge in [0, 0.05) is 41.6 Å².